The molecular weight excluding hydrogens is 506 g/mol. The number of hydrogen-bond donors (Lipinski definition) is 1. The lowest BCUT2D eigenvalue weighted by atomic mass is 9.96. The summed E-state index contributed by atoms with van der Waals surface area (Å²) in [6.45, 7) is 13.1. The average molecular weight is 552 g/mol. The minimum atomic E-state index is 0.138. The summed E-state index contributed by atoms with van der Waals surface area (Å²) in [4.78, 5) is 24.8. The zero-order chi connectivity index (χ0) is 28.8. The monoisotopic (exact) mass is 551 g/mol. The van der Waals surface area contributed by atoms with E-state index < -0.39 is 0 Å². The summed E-state index contributed by atoms with van der Waals surface area (Å²) in [5, 5.41) is 3.17. The van der Waals surface area contributed by atoms with Crippen molar-refractivity contribution >= 4 is 17.1 Å². The molecule has 0 atom stereocenters. The first kappa shape index (κ1) is 29.0. The number of unbranched alkanes of at least 4 members (excludes halogenated alkanes) is 2. The predicted molar refractivity (Wildman–Crippen MR) is 168 cm³/mol. The molecule has 1 fully saturated rings. The first-order chi connectivity index (χ1) is 19.9. The Kier molecular flexibility index (Phi) is 9.50. The molecule has 0 aliphatic carbocycles. The molecule has 1 aliphatic heterocycles. The molecule has 2 aromatic carbocycles. The van der Waals surface area contributed by atoms with E-state index >= 15 is 0 Å². The van der Waals surface area contributed by atoms with Crippen LogP contribution in [0.5, 0.6) is 0 Å². The Morgan fingerprint density at radius 1 is 0.902 bits per heavy atom. The second-order valence-electron chi connectivity index (χ2n) is 11.6. The number of benzene rings is 2. The maximum atomic E-state index is 12.5. The van der Waals surface area contributed by atoms with Gasteiger partial charge in [0, 0.05) is 31.6 Å². The molecule has 2 aromatic heterocycles. The highest BCUT2D eigenvalue weighted by Crippen LogP contribution is 2.28. The minimum Gasteiger partial charge on any atom is -0.352 e. The molecule has 1 aliphatic rings. The van der Waals surface area contributed by atoms with Gasteiger partial charge in [0.25, 0.3) is 0 Å². The van der Waals surface area contributed by atoms with Crippen LogP contribution >= 0.6 is 0 Å². The maximum Gasteiger partial charge on any atom is 0.220 e. The van der Waals surface area contributed by atoms with Crippen LogP contribution < -0.4 is 5.32 Å². The summed E-state index contributed by atoms with van der Waals surface area (Å²) in [6, 6.07) is 17.8. The summed E-state index contributed by atoms with van der Waals surface area (Å²) >= 11 is 0. The normalized spacial score (nSPS) is 13.8. The number of pyridine rings is 1. The third-order valence-electron chi connectivity index (χ3n) is 8.29. The van der Waals surface area contributed by atoms with Crippen molar-refractivity contribution in [1.29, 1.82) is 0 Å². The number of carbonyl (C=O) groups excluding carboxylic acids is 1. The number of hydrogen-bond acceptors (Lipinski definition) is 4. The Hall–Kier alpha value is -3.51. The zero-order valence-electron chi connectivity index (χ0n) is 25.3. The maximum absolute atomic E-state index is 12.5. The number of aromatic nitrogens is 3. The van der Waals surface area contributed by atoms with Crippen LogP contribution in [0.4, 0.5) is 0 Å². The number of amides is 1. The van der Waals surface area contributed by atoms with Gasteiger partial charge in [0.1, 0.15) is 11.3 Å². The molecular formula is C35H45N5O. The Bertz CT molecular complexity index is 1480. The number of fused-ring (bicyclic) bond motifs is 1. The van der Waals surface area contributed by atoms with Crippen molar-refractivity contribution in [2.75, 3.05) is 13.1 Å². The second kappa shape index (κ2) is 13.4. The fourth-order valence-corrected chi connectivity index (χ4v) is 6.02. The molecule has 1 amide bonds. The van der Waals surface area contributed by atoms with E-state index in [0.29, 0.717) is 13.0 Å². The van der Waals surface area contributed by atoms with Gasteiger partial charge in [-0.25, -0.2) is 9.97 Å². The first-order valence-electron chi connectivity index (χ1n) is 15.5. The van der Waals surface area contributed by atoms with Crippen molar-refractivity contribution in [3.05, 3.63) is 82.3 Å². The van der Waals surface area contributed by atoms with E-state index in [0.717, 1.165) is 67.0 Å². The number of likely N-dealkylation sites (tertiary alicyclic amines) is 1. The largest absolute Gasteiger partial charge is 0.352 e. The number of carbonyl (C=O) groups is 1. The van der Waals surface area contributed by atoms with Gasteiger partial charge in [-0.15, -0.1) is 0 Å². The lowest BCUT2D eigenvalue weighted by Crippen LogP contribution is -2.23. The van der Waals surface area contributed by atoms with E-state index in [1.807, 2.05) is 6.92 Å². The van der Waals surface area contributed by atoms with Gasteiger partial charge < -0.3 is 9.88 Å². The summed E-state index contributed by atoms with van der Waals surface area (Å²) < 4.78 is 2.26. The third-order valence-corrected chi connectivity index (χ3v) is 8.29. The molecule has 4 aromatic rings. The number of nitrogens with zero attached hydrogens (tertiary/aromatic N) is 4. The van der Waals surface area contributed by atoms with Gasteiger partial charge >= 0.3 is 0 Å². The lowest BCUT2D eigenvalue weighted by molar-refractivity contribution is -0.121. The second-order valence-corrected chi connectivity index (χ2v) is 11.6. The van der Waals surface area contributed by atoms with E-state index in [-0.39, 0.29) is 5.91 Å². The van der Waals surface area contributed by atoms with E-state index in [2.05, 4.69) is 84.1 Å². The molecule has 6 nitrogen and oxygen atoms in total. The molecule has 6 heteroatoms. The van der Waals surface area contributed by atoms with Crippen LogP contribution in [0.15, 0.2) is 48.5 Å². The molecule has 0 spiro atoms. The highest BCUT2D eigenvalue weighted by atomic mass is 16.1. The highest BCUT2D eigenvalue weighted by molar-refractivity contribution is 5.77. The predicted octanol–water partition coefficient (Wildman–Crippen LogP) is 7.12. The Balaban J connectivity index is 1.39. The van der Waals surface area contributed by atoms with Crippen LogP contribution in [0, 0.1) is 13.8 Å². The smallest absolute Gasteiger partial charge is 0.220 e. The molecule has 1 N–H and O–H groups in total. The van der Waals surface area contributed by atoms with Crippen molar-refractivity contribution in [3.8, 4) is 11.1 Å². The van der Waals surface area contributed by atoms with Crippen molar-refractivity contribution in [3.63, 3.8) is 0 Å². The number of aryl methyl sites for hydroxylation is 3. The van der Waals surface area contributed by atoms with Gasteiger partial charge in [-0.05, 0) is 91.7 Å². The fourth-order valence-electron chi connectivity index (χ4n) is 6.02. The average Bonchev–Trinajstić information content (AvgIpc) is 3.61. The topological polar surface area (TPSA) is 63.1 Å². The SMILES string of the molecule is CCCCCC(=O)NCc1ccc(CN2CCCC2)cc1-c1ccc(Cn2c(CC)nc3c(C)cc(C)nc32)cc1. The van der Waals surface area contributed by atoms with Crippen molar-refractivity contribution < 1.29 is 4.79 Å². The molecule has 5 rings (SSSR count). The van der Waals surface area contributed by atoms with Gasteiger partial charge in [-0.2, -0.15) is 0 Å². The van der Waals surface area contributed by atoms with Gasteiger partial charge in [0.15, 0.2) is 5.65 Å². The zero-order valence-corrected chi connectivity index (χ0v) is 25.3. The van der Waals surface area contributed by atoms with Crippen molar-refractivity contribution in [1.82, 2.24) is 24.8 Å². The Labute approximate surface area is 245 Å². The van der Waals surface area contributed by atoms with Gasteiger partial charge in [0.05, 0.1) is 6.54 Å². The molecule has 0 unspecified atom stereocenters. The molecule has 3 heterocycles. The van der Waals surface area contributed by atoms with E-state index in [9.17, 15) is 4.79 Å². The van der Waals surface area contributed by atoms with Crippen LogP contribution in [0.25, 0.3) is 22.3 Å². The Morgan fingerprint density at radius 2 is 1.66 bits per heavy atom. The Morgan fingerprint density at radius 3 is 2.39 bits per heavy atom. The quantitative estimate of drug-likeness (QED) is 0.191. The van der Waals surface area contributed by atoms with E-state index in [4.69, 9.17) is 9.97 Å². The molecule has 0 saturated carbocycles. The van der Waals surface area contributed by atoms with E-state index in [1.165, 1.54) is 53.7 Å². The summed E-state index contributed by atoms with van der Waals surface area (Å²) in [6.07, 6.45) is 7.21. The number of imidazole rings is 1. The molecule has 0 bridgehead atoms. The van der Waals surface area contributed by atoms with E-state index in [1.54, 1.807) is 0 Å². The summed E-state index contributed by atoms with van der Waals surface area (Å²) in [7, 11) is 0. The first-order valence-corrected chi connectivity index (χ1v) is 15.5. The molecule has 0 radical (unpaired) electrons. The van der Waals surface area contributed by atoms with Gasteiger partial charge in [0.2, 0.25) is 5.91 Å². The lowest BCUT2D eigenvalue weighted by Gasteiger charge is -2.18. The van der Waals surface area contributed by atoms with Crippen molar-refractivity contribution in [2.45, 2.75) is 92.3 Å². The van der Waals surface area contributed by atoms with Crippen LogP contribution in [0.3, 0.4) is 0 Å². The van der Waals surface area contributed by atoms with Gasteiger partial charge in [-0.3, -0.25) is 9.69 Å². The van der Waals surface area contributed by atoms with Crippen LogP contribution in [-0.4, -0.2) is 38.4 Å². The highest BCUT2D eigenvalue weighted by Gasteiger charge is 2.16. The minimum absolute atomic E-state index is 0.138. The fraction of sp³-hybridized carbons (Fsp3) is 0.457. The number of rotatable bonds is 12. The standard InChI is InChI=1S/C35H45N5O/c1-5-7-8-11-33(41)36-22-30-17-14-28(23-39-18-9-10-19-39)21-31(30)29-15-12-27(13-16-29)24-40-32(6-2)38-34-25(3)20-26(4)37-35(34)40/h12-17,20-21H,5-11,18-19,22-24H2,1-4H3,(H,36,41). The number of nitrogens with one attached hydrogen (secondary N) is 1. The molecule has 41 heavy (non-hydrogen) atoms. The summed E-state index contributed by atoms with van der Waals surface area (Å²) in [5.41, 5.74) is 10.3. The van der Waals surface area contributed by atoms with Crippen LogP contribution in [-0.2, 0) is 30.8 Å². The molecule has 216 valence electrons. The molecule has 1 saturated heterocycles. The van der Waals surface area contributed by atoms with Crippen LogP contribution in [0.2, 0.25) is 0 Å². The van der Waals surface area contributed by atoms with Gasteiger partial charge in [-0.1, -0.05) is 63.1 Å². The summed E-state index contributed by atoms with van der Waals surface area (Å²) in [5.74, 6) is 1.20. The van der Waals surface area contributed by atoms with Crippen molar-refractivity contribution in [2.24, 2.45) is 0 Å². The third kappa shape index (κ3) is 7.05. The van der Waals surface area contributed by atoms with Crippen LogP contribution in [0.1, 0.15) is 86.1 Å².